The summed E-state index contributed by atoms with van der Waals surface area (Å²) in [5.41, 5.74) is 11.0. The van der Waals surface area contributed by atoms with Crippen LogP contribution in [0.5, 0.6) is 0 Å². The molecule has 0 unspecified atom stereocenters. The van der Waals surface area contributed by atoms with Gasteiger partial charge >= 0.3 is 5.97 Å². The van der Waals surface area contributed by atoms with Crippen molar-refractivity contribution < 1.29 is 29.0 Å². The third kappa shape index (κ3) is 12.1. The molecule has 0 bridgehead atoms. The second kappa shape index (κ2) is 16.6. The molecule has 0 saturated carbocycles. The summed E-state index contributed by atoms with van der Waals surface area (Å²) in [6, 6.07) is -2.16. The summed E-state index contributed by atoms with van der Waals surface area (Å²) in [6.45, 7) is 7.20. The lowest BCUT2D eigenvalue weighted by atomic mass is 10.0. The first-order valence-electron chi connectivity index (χ1n) is 11.5. The van der Waals surface area contributed by atoms with E-state index in [0.717, 1.165) is 19.3 Å². The number of aliphatic hydroxyl groups excluding tert-OH is 1. The molecule has 7 N–H and O–H groups in total. The van der Waals surface area contributed by atoms with E-state index < -0.39 is 42.1 Å². The minimum absolute atomic E-state index is 0.0713. The average Bonchev–Trinajstić information content (AvgIpc) is 2.73. The molecule has 0 heterocycles. The summed E-state index contributed by atoms with van der Waals surface area (Å²) in [5, 5.41) is 14.9. The van der Waals surface area contributed by atoms with Gasteiger partial charge in [0.25, 0.3) is 5.91 Å². The molecule has 0 aliphatic rings. The van der Waals surface area contributed by atoms with Gasteiger partial charge in [0, 0.05) is 12.8 Å². The lowest BCUT2D eigenvalue weighted by Crippen LogP contribution is -2.57. The number of aliphatic hydroxyl groups is 1. The molecule has 5 atom stereocenters. The van der Waals surface area contributed by atoms with Crippen LogP contribution in [-0.4, -0.2) is 66.1 Å². The molecule has 0 aromatic heterocycles. The van der Waals surface area contributed by atoms with Crippen molar-refractivity contribution in [2.75, 3.05) is 13.1 Å². The smallest absolute Gasteiger partial charge is 0.306 e. The van der Waals surface area contributed by atoms with Gasteiger partial charge in [-0.25, -0.2) is 0 Å². The number of amides is 2. The van der Waals surface area contributed by atoms with Gasteiger partial charge in [-0.1, -0.05) is 33.1 Å². The minimum atomic E-state index is -1.34. The highest BCUT2D eigenvalue weighted by Crippen LogP contribution is 2.13. The number of ketones is 1. The molecular formula is C22H42N4O6. The first-order valence-corrected chi connectivity index (χ1v) is 11.5. The molecule has 0 aliphatic carbocycles. The fourth-order valence-electron chi connectivity index (χ4n) is 3.04. The number of hydrogen-bond donors (Lipinski definition) is 5. The number of ether oxygens (including phenoxy) is 1. The van der Waals surface area contributed by atoms with Crippen molar-refractivity contribution in [2.45, 2.75) is 96.9 Å². The summed E-state index contributed by atoms with van der Waals surface area (Å²) in [4.78, 5) is 49.1. The average molecular weight is 459 g/mol. The van der Waals surface area contributed by atoms with E-state index in [1.54, 1.807) is 0 Å². The number of rotatable bonds is 17. The molecule has 0 aromatic carbocycles. The van der Waals surface area contributed by atoms with Gasteiger partial charge in [-0.2, -0.15) is 0 Å². The highest BCUT2D eigenvalue weighted by atomic mass is 16.5. The Hall–Kier alpha value is -2.04. The summed E-state index contributed by atoms with van der Waals surface area (Å²) >= 11 is 0. The van der Waals surface area contributed by atoms with Gasteiger partial charge in [0.2, 0.25) is 5.91 Å². The van der Waals surface area contributed by atoms with E-state index >= 15 is 0 Å². The molecule has 0 radical (unpaired) electrons. The van der Waals surface area contributed by atoms with Gasteiger partial charge in [0.15, 0.2) is 11.9 Å². The van der Waals surface area contributed by atoms with Crippen molar-refractivity contribution in [1.82, 2.24) is 10.6 Å². The molecular weight excluding hydrogens is 416 g/mol. The van der Waals surface area contributed by atoms with Crippen LogP contribution in [0.3, 0.4) is 0 Å². The van der Waals surface area contributed by atoms with E-state index in [0.29, 0.717) is 12.3 Å². The maximum Gasteiger partial charge on any atom is 0.306 e. The Kier molecular flexibility index (Phi) is 15.5. The third-order valence-corrected chi connectivity index (χ3v) is 5.34. The van der Waals surface area contributed by atoms with E-state index in [2.05, 4.69) is 24.5 Å². The van der Waals surface area contributed by atoms with E-state index in [9.17, 15) is 24.3 Å². The summed E-state index contributed by atoms with van der Waals surface area (Å²) in [5.74, 6) is -1.67. The van der Waals surface area contributed by atoms with Gasteiger partial charge in [0.05, 0.1) is 12.1 Å². The molecule has 0 rings (SSSR count). The van der Waals surface area contributed by atoms with Crippen LogP contribution in [0.4, 0.5) is 0 Å². The van der Waals surface area contributed by atoms with Crippen molar-refractivity contribution in [2.24, 2.45) is 17.4 Å². The number of esters is 1. The third-order valence-electron chi connectivity index (χ3n) is 5.34. The predicted octanol–water partition coefficient (Wildman–Crippen LogP) is 0.142. The zero-order chi connectivity index (χ0) is 24.7. The van der Waals surface area contributed by atoms with Crippen molar-refractivity contribution in [3.63, 3.8) is 0 Å². The number of carbonyl (C=O) groups is 4. The van der Waals surface area contributed by atoms with Crippen LogP contribution < -0.4 is 22.1 Å². The second-order valence-corrected chi connectivity index (χ2v) is 8.29. The Morgan fingerprint density at radius 3 is 2.06 bits per heavy atom. The largest absolute Gasteiger partial charge is 0.452 e. The Bertz CT molecular complexity index is 599. The van der Waals surface area contributed by atoms with Gasteiger partial charge in [-0.3, -0.25) is 19.2 Å². The number of hydrogen-bond acceptors (Lipinski definition) is 8. The number of Topliss-reactive ketones (excluding diaryl/α,β-unsaturated/α-hetero) is 1. The van der Waals surface area contributed by atoms with E-state index in [-0.39, 0.29) is 38.1 Å². The molecule has 10 nitrogen and oxygen atoms in total. The van der Waals surface area contributed by atoms with Crippen molar-refractivity contribution in [3.8, 4) is 0 Å². The standard InChI is InChI=1S/C22H42N4O6/c1-5-14(2)8-6-7-9-19(29)32-18(11-13-24)21(30)26-20(16(4)28)22(31)25-17(10-12-23)15(3)27/h14,16-18,20,28H,5-13,23-24H2,1-4H3,(H,25,31)(H,26,30)/t14-,16-,17-,18-,20-/m0/s1. The van der Waals surface area contributed by atoms with Gasteiger partial charge in [-0.15, -0.1) is 0 Å². The SMILES string of the molecule is CC[C@H](C)CCCCC(=O)O[C@@H](CCN)C(=O)N[C@H](C(=O)N[C@@H](CCN)C(C)=O)[C@H](C)O. The van der Waals surface area contributed by atoms with E-state index in [4.69, 9.17) is 16.2 Å². The van der Waals surface area contributed by atoms with Crippen LogP contribution in [0.1, 0.15) is 72.6 Å². The van der Waals surface area contributed by atoms with Crippen LogP contribution in [-0.2, 0) is 23.9 Å². The highest BCUT2D eigenvalue weighted by molar-refractivity contribution is 5.93. The lowest BCUT2D eigenvalue weighted by molar-refractivity contribution is -0.157. The van der Waals surface area contributed by atoms with Crippen molar-refractivity contribution in [3.05, 3.63) is 0 Å². The molecule has 0 saturated heterocycles. The molecule has 2 amide bonds. The summed E-state index contributed by atoms with van der Waals surface area (Å²) in [6.07, 6.45) is 1.71. The van der Waals surface area contributed by atoms with E-state index in [1.807, 2.05) is 0 Å². The number of carbonyl (C=O) groups excluding carboxylic acids is 4. The maximum absolute atomic E-state index is 12.7. The molecule has 186 valence electrons. The minimum Gasteiger partial charge on any atom is -0.452 e. The van der Waals surface area contributed by atoms with Gasteiger partial charge in [0.1, 0.15) is 6.04 Å². The maximum atomic E-state index is 12.7. The molecule has 0 aromatic rings. The first-order chi connectivity index (χ1) is 15.1. The van der Waals surface area contributed by atoms with E-state index in [1.165, 1.54) is 13.8 Å². The van der Waals surface area contributed by atoms with Crippen LogP contribution in [0.2, 0.25) is 0 Å². The Morgan fingerprint density at radius 2 is 1.56 bits per heavy atom. The molecule has 0 fully saturated rings. The summed E-state index contributed by atoms with van der Waals surface area (Å²) < 4.78 is 5.29. The topological polar surface area (TPSA) is 174 Å². The molecule has 10 heteroatoms. The van der Waals surface area contributed by atoms with Crippen LogP contribution >= 0.6 is 0 Å². The first kappa shape index (κ1) is 30.0. The molecule has 32 heavy (non-hydrogen) atoms. The lowest BCUT2D eigenvalue weighted by Gasteiger charge is -2.25. The van der Waals surface area contributed by atoms with Crippen LogP contribution in [0, 0.1) is 5.92 Å². The fraction of sp³-hybridized carbons (Fsp3) is 0.818. The number of nitrogens with one attached hydrogen (secondary N) is 2. The monoisotopic (exact) mass is 458 g/mol. The fourth-order valence-corrected chi connectivity index (χ4v) is 3.04. The highest BCUT2D eigenvalue weighted by Gasteiger charge is 2.32. The zero-order valence-corrected chi connectivity index (χ0v) is 19.9. The Morgan fingerprint density at radius 1 is 0.938 bits per heavy atom. The molecule has 0 spiro atoms. The predicted molar refractivity (Wildman–Crippen MR) is 121 cm³/mol. The van der Waals surface area contributed by atoms with Crippen molar-refractivity contribution >= 4 is 23.6 Å². The second-order valence-electron chi connectivity index (χ2n) is 8.29. The number of nitrogens with two attached hydrogens (primary N) is 2. The quantitative estimate of drug-likeness (QED) is 0.151. The van der Waals surface area contributed by atoms with Crippen LogP contribution in [0.15, 0.2) is 0 Å². The zero-order valence-electron chi connectivity index (χ0n) is 19.9. The molecule has 0 aliphatic heterocycles. The van der Waals surface area contributed by atoms with Gasteiger partial charge < -0.3 is 31.9 Å². The normalized spacial score (nSPS) is 15.7. The number of unbranched alkanes of at least 4 members (excludes halogenated alkanes) is 1. The van der Waals surface area contributed by atoms with Crippen LogP contribution in [0.25, 0.3) is 0 Å². The summed E-state index contributed by atoms with van der Waals surface area (Å²) in [7, 11) is 0. The van der Waals surface area contributed by atoms with Gasteiger partial charge in [-0.05, 0) is 45.7 Å². The van der Waals surface area contributed by atoms with Crippen molar-refractivity contribution in [1.29, 1.82) is 0 Å². The Labute approximate surface area is 191 Å². The Balaban J connectivity index is 4.96.